The first-order valence-corrected chi connectivity index (χ1v) is 10.8. The lowest BCUT2D eigenvalue weighted by Gasteiger charge is -2.38. The number of alkyl halides is 3. The highest BCUT2D eigenvalue weighted by Crippen LogP contribution is 2.41. The zero-order valence-electron chi connectivity index (χ0n) is 19.5. The van der Waals surface area contributed by atoms with E-state index >= 15 is 0 Å². The number of amides is 4. The second-order valence-corrected chi connectivity index (χ2v) is 8.56. The number of benzene rings is 1. The van der Waals surface area contributed by atoms with Crippen LogP contribution in [0.4, 0.5) is 18.0 Å². The van der Waals surface area contributed by atoms with Crippen molar-refractivity contribution in [3.8, 4) is 17.2 Å². The van der Waals surface area contributed by atoms with Crippen LogP contribution in [-0.2, 0) is 4.79 Å². The molecule has 1 aromatic carbocycles. The molecule has 2 aliphatic rings. The van der Waals surface area contributed by atoms with Gasteiger partial charge in [0.05, 0.1) is 21.3 Å². The molecule has 0 radical (unpaired) electrons. The molecule has 2 N–H and O–H groups in total. The molecule has 0 unspecified atom stereocenters. The first-order chi connectivity index (χ1) is 15.9. The molecule has 1 aromatic rings. The smallest absolute Gasteiger partial charge is 0.440 e. The Hall–Kier alpha value is -3.18. The standard InChI is InChI=1S/C22H28F3N3O6/c1-11-7-6-8-14(12(11)2)28-19(30)21(22(23,24)25,27-20(28)31)26-18(29)13-9-15(32-3)17(34-5)16(10-13)33-4/h9-12,14H,6-8H2,1-5H3,(H,26,29)(H,27,31)/t11-,12-,14-,21-/m0/s1. The Kier molecular flexibility index (Phi) is 6.90. The first-order valence-electron chi connectivity index (χ1n) is 10.8. The topological polar surface area (TPSA) is 106 Å². The van der Waals surface area contributed by atoms with E-state index in [0.29, 0.717) is 17.7 Å². The SMILES string of the molecule is COc1cc(C(=O)N[C@]2(C(F)(F)F)NC(=O)N([C@H]3CCC[C@H](C)[C@@H]3C)C2=O)cc(OC)c1OC. The van der Waals surface area contributed by atoms with Crippen molar-refractivity contribution < 1.29 is 41.8 Å². The fraction of sp³-hybridized carbons (Fsp3) is 0.591. The number of urea groups is 1. The van der Waals surface area contributed by atoms with E-state index in [4.69, 9.17) is 14.2 Å². The highest BCUT2D eigenvalue weighted by atomic mass is 19.4. The van der Waals surface area contributed by atoms with Crippen LogP contribution in [0.2, 0.25) is 0 Å². The van der Waals surface area contributed by atoms with Crippen molar-refractivity contribution in [1.82, 2.24) is 15.5 Å². The minimum absolute atomic E-state index is 0.0292. The van der Waals surface area contributed by atoms with Gasteiger partial charge < -0.3 is 19.5 Å². The molecule has 0 aromatic heterocycles. The number of nitrogens with zero attached hydrogens (tertiary/aromatic N) is 1. The van der Waals surface area contributed by atoms with Gasteiger partial charge in [0.1, 0.15) is 0 Å². The van der Waals surface area contributed by atoms with Gasteiger partial charge in [0, 0.05) is 11.6 Å². The van der Waals surface area contributed by atoms with Crippen LogP contribution in [0.5, 0.6) is 17.2 Å². The maximum atomic E-state index is 14.3. The Morgan fingerprint density at radius 2 is 1.68 bits per heavy atom. The molecule has 4 amide bonds. The van der Waals surface area contributed by atoms with Crippen molar-refractivity contribution in [3.63, 3.8) is 0 Å². The summed E-state index contributed by atoms with van der Waals surface area (Å²) in [7, 11) is 3.88. The van der Waals surface area contributed by atoms with Gasteiger partial charge in [-0.2, -0.15) is 13.2 Å². The summed E-state index contributed by atoms with van der Waals surface area (Å²) in [5.74, 6) is -2.71. The van der Waals surface area contributed by atoms with E-state index in [2.05, 4.69) is 0 Å². The largest absolute Gasteiger partial charge is 0.493 e. The quantitative estimate of drug-likeness (QED) is 0.598. The predicted molar refractivity (Wildman–Crippen MR) is 114 cm³/mol. The monoisotopic (exact) mass is 487 g/mol. The highest BCUT2D eigenvalue weighted by Gasteiger charge is 2.70. The predicted octanol–water partition coefficient (Wildman–Crippen LogP) is 3.08. The van der Waals surface area contributed by atoms with Gasteiger partial charge in [-0.05, 0) is 30.4 Å². The molecule has 188 valence electrons. The summed E-state index contributed by atoms with van der Waals surface area (Å²) in [6, 6.07) is 0.382. The summed E-state index contributed by atoms with van der Waals surface area (Å²) in [5.41, 5.74) is -3.90. The number of methoxy groups -OCH3 is 3. The van der Waals surface area contributed by atoms with Crippen molar-refractivity contribution in [2.24, 2.45) is 11.8 Å². The molecule has 34 heavy (non-hydrogen) atoms. The summed E-state index contributed by atoms with van der Waals surface area (Å²) >= 11 is 0. The molecule has 1 saturated heterocycles. The van der Waals surface area contributed by atoms with Crippen LogP contribution in [0.15, 0.2) is 12.1 Å². The number of hydrogen-bond donors (Lipinski definition) is 2. The Bertz CT molecular complexity index is 960. The van der Waals surface area contributed by atoms with E-state index in [0.717, 1.165) is 18.6 Å². The number of nitrogens with one attached hydrogen (secondary N) is 2. The average Bonchev–Trinajstić information content (AvgIpc) is 3.04. The lowest BCUT2D eigenvalue weighted by Crippen LogP contribution is -2.69. The van der Waals surface area contributed by atoms with E-state index in [1.165, 1.54) is 21.3 Å². The normalized spacial score (nSPS) is 27.3. The number of halogens is 3. The molecular weight excluding hydrogens is 459 g/mol. The van der Waals surface area contributed by atoms with E-state index in [-0.39, 0.29) is 34.6 Å². The van der Waals surface area contributed by atoms with Crippen molar-refractivity contribution >= 4 is 17.8 Å². The van der Waals surface area contributed by atoms with Gasteiger partial charge in [-0.3, -0.25) is 19.8 Å². The second kappa shape index (κ2) is 9.22. The molecule has 3 rings (SSSR count). The van der Waals surface area contributed by atoms with Crippen LogP contribution in [0.1, 0.15) is 43.5 Å². The molecule has 1 saturated carbocycles. The van der Waals surface area contributed by atoms with Crippen LogP contribution >= 0.6 is 0 Å². The van der Waals surface area contributed by atoms with Crippen molar-refractivity contribution in [1.29, 1.82) is 0 Å². The number of carbonyl (C=O) groups excluding carboxylic acids is 3. The number of hydrogen-bond acceptors (Lipinski definition) is 6. The third-order valence-electron chi connectivity index (χ3n) is 6.70. The van der Waals surface area contributed by atoms with Gasteiger partial charge in [-0.15, -0.1) is 0 Å². The molecule has 4 atom stereocenters. The van der Waals surface area contributed by atoms with Gasteiger partial charge in [0.15, 0.2) is 11.5 Å². The Balaban J connectivity index is 2.00. The number of ether oxygens (including phenoxy) is 3. The van der Waals surface area contributed by atoms with Gasteiger partial charge in [-0.1, -0.05) is 26.7 Å². The average molecular weight is 487 g/mol. The number of rotatable bonds is 6. The molecule has 1 aliphatic heterocycles. The van der Waals surface area contributed by atoms with E-state index in [9.17, 15) is 27.6 Å². The minimum atomic E-state index is -5.31. The van der Waals surface area contributed by atoms with Gasteiger partial charge >= 0.3 is 12.2 Å². The lowest BCUT2D eigenvalue weighted by molar-refractivity contribution is -0.201. The second-order valence-electron chi connectivity index (χ2n) is 8.56. The third kappa shape index (κ3) is 4.09. The maximum absolute atomic E-state index is 14.3. The highest BCUT2D eigenvalue weighted by molar-refractivity contribution is 6.10. The molecule has 1 heterocycles. The molecule has 9 nitrogen and oxygen atoms in total. The summed E-state index contributed by atoms with van der Waals surface area (Å²) < 4.78 is 58.3. The van der Waals surface area contributed by atoms with Gasteiger partial charge in [0.25, 0.3) is 17.5 Å². The third-order valence-corrected chi connectivity index (χ3v) is 6.70. The fourth-order valence-electron chi connectivity index (χ4n) is 4.57. The van der Waals surface area contributed by atoms with Crippen molar-refractivity contribution in [2.45, 2.75) is 51.0 Å². The zero-order chi connectivity index (χ0) is 25.4. The van der Waals surface area contributed by atoms with Gasteiger partial charge in [0.2, 0.25) is 5.75 Å². The van der Waals surface area contributed by atoms with E-state index in [1.54, 1.807) is 17.6 Å². The van der Waals surface area contributed by atoms with Crippen LogP contribution in [-0.4, -0.2) is 62.0 Å². The first kappa shape index (κ1) is 25.4. The number of carbonyl (C=O) groups is 3. The lowest BCUT2D eigenvalue weighted by atomic mass is 9.77. The number of imide groups is 1. The summed E-state index contributed by atoms with van der Waals surface area (Å²) in [6.07, 6.45) is -3.40. The van der Waals surface area contributed by atoms with Crippen LogP contribution in [0, 0.1) is 11.8 Å². The fourth-order valence-corrected chi connectivity index (χ4v) is 4.57. The summed E-state index contributed by atoms with van der Waals surface area (Å²) in [6.45, 7) is 3.73. The molecule has 2 fully saturated rings. The minimum Gasteiger partial charge on any atom is -0.493 e. The Morgan fingerprint density at radius 1 is 1.09 bits per heavy atom. The van der Waals surface area contributed by atoms with E-state index in [1.807, 2.05) is 6.92 Å². The maximum Gasteiger partial charge on any atom is 0.440 e. The van der Waals surface area contributed by atoms with Gasteiger partial charge in [-0.25, -0.2) is 4.79 Å². The Labute approximate surface area is 194 Å². The van der Waals surface area contributed by atoms with Crippen molar-refractivity contribution in [3.05, 3.63) is 17.7 Å². The van der Waals surface area contributed by atoms with Crippen molar-refractivity contribution in [2.75, 3.05) is 21.3 Å². The van der Waals surface area contributed by atoms with Crippen LogP contribution in [0.25, 0.3) is 0 Å². The molecule has 12 heteroatoms. The van der Waals surface area contributed by atoms with Crippen LogP contribution < -0.4 is 24.8 Å². The molecule has 1 aliphatic carbocycles. The summed E-state index contributed by atoms with van der Waals surface area (Å²) in [5, 5.41) is 3.44. The zero-order valence-corrected chi connectivity index (χ0v) is 19.5. The molecule has 0 spiro atoms. The summed E-state index contributed by atoms with van der Waals surface area (Å²) in [4.78, 5) is 39.4. The Morgan fingerprint density at radius 3 is 2.18 bits per heavy atom. The van der Waals surface area contributed by atoms with E-state index < -0.39 is 35.7 Å². The molecule has 0 bridgehead atoms. The molecular formula is C22H28F3N3O6. The van der Waals surface area contributed by atoms with Crippen LogP contribution in [0.3, 0.4) is 0 Å².